The SMILES string of the molecule is C[N+](C)(CCOC(=O)c1cc(O)c(O)c(O)c1)CCOC(=O)c1cc(O)c(O)c(O)c1.[Cl-]. The van der Waals surface area contributed by atoms with Crippen LogP contribution < -0.4 is 12.4 Å². The van der Waals surface area contributed by atoms with Gasteiger partial charge in [-0.25, -0.2) is 9.59 Å². The third-order valence-electron chi connectivity index (χ3n) is 4.47. The predicted molar refractivity (Wildman–Crippen MR) is 105 cm³/mol. The van der Waals surface area contributed by atoms with Crippen LogP contribution in [-0.4, -0.2) is 87.5 Å². The molecule has 2 aromatic rings. The number of esters is 2. The van der Waals surface area contributed by atoms with Crippen molar-refractivity contribution in [1.82, 2.24) is 0 Å². The summed E-state index contributed by atoms with van der Waals surface area (Å²) in [6.45, 7) is 0.671. The third-order valence-corrected chi connectivity index (χ3v) is 4.47. The topological polar surface area (TPSA) is 174 Å². The van der Waals surface area contributed by atoms with Gasteiger partial charge in [0.05, 0.1) is 25.2 Å². The minimum Gasteiger partial charge on any atom is -1.00 e. The zero-order valence-electron chi connectivity index (χ0n) is 17.3. The maximum absolute atomic E-state index is 12.0. The van der Waals surface area contributed by atoms with Crippen LogP contribution in [0.3, 0.4) is 0 Å². The van der Waals surface area contributed by atoms with Gasteiger partial charge in [-0.15, -0.1) is 0 Å². The van der Waals surface area contributed by atoms with Crippen LogP contribution in [0.15, 0.2) is 24.3 Å². The van der Waals surface area contributed by atoms with E-state index >= 15 is 0 Å². The molecule has 0 atom stereocenters. The van der Waals surface area contributed by atoms with Crippen LogP contribution in [0.5, 0.6) is 34.5 Å². The lowest BCUT2D eigenvalue weighted by Crippen LogP contribution is -3.00. The Balaban J connectivity index is 0.00000512. The average molecular weight is 474 g/mol. The summed E-state index contributed by atoms with van der Waals surface area (Å²) in [6.07, 6.45) is 0. The Morgan fingerprint density at radius 3 is 1.25 bits per heavy atom. The van der Waals surface area contributed by atoms with Gasteiger partial charge in [-0.05, 0) is 24.3 Å². The lowest BCUT2D eigenvalue weighted by molar-refractivity contribution is -0.890. The fraction of sp³-hybridized carbons (Fsp3) is 0.300. The highest BCUT2D eigenvalue weighted by molar-refractivity contribution is 5.91. The van der Waals surface area contributed by atoms with Gasteiger partial charge in [0.25, 0.3) is 0 Å². The smallest absolute Gasteiger partial charge is 0.338 e. The van der Waals surface area contributed by atoms with E-state index in [-0.39, 0.29) is 36.7 Å². The lowest BCUT2D eigenvalue weighted by Gasteiger charge is -2.29. The largest absolute Gasteiger partial charge is 1.00 e. The molecule has 2 aromatic carbocycles. The fourth-order valence-corrected chi connectivity index (χ4v) is 2.49. The quantitative estimate of drug-likeness (QED) is 0.143. The van der Waals surface area contributed by atoms with E-state index in [1.54, 1.807) is 14.1 Å². The lowest BCUT2D eigenvalue weighted by atomic mass is 10.2. The molecule has 0 saturated carbocycles. The summed E-state index contributed by atoms with van der Waals surface area (Å²) in [5.41, 5.74) is -0.264. The molecule has 0 spiro atoms. The van der Waals surface area contributed by atoms with Gasteiger partial charge in [-0.1, -0.05) is 0 Å². The highest BCUT2D eigenvalue weighted by Crippen LogP contribution is 2.36. The van der Waals surface area contributed by atoms with Crippen molar-refractivity contribution in [3.8, 4) is 34.5 Å². The van der Waals surface area contributed by atoms with E-state index in [0.29, 0.717) is 17.6 Å². The monoisotopic (exact) mass is 473 g/mol. The molecule has 0 aliphatic heterocycles. The number of ether oxygens (including phenoxy) is 2. The van der Waals surface area contributed by atoms with Crippen molar-refractivity contribution in [2.75, 3.05) is 40.4 Å². The molecule has 0 bridgehead atoms. The molecule has 2 rings (SSSR count). The van der Waals surface area contributed by atoms with Crippen LogP contribution in [0, 0.1) is 0 Å². The molecular weight excluding hydrogens is 450 g/mol. The zero-order chi connectivity index (χ0) is 23.3. The Kier molecular flexibility index (Phi) is 8.80. The molecule has 0 unspecified atom stereocenters. The van der Waals surface area contributed by atoms with Gasteiger partial charge in [-0.2, -0.15) is 0 Å². The minimum absolute atomic E-state index is 0. The first-order valence-corrected chi connectivity index (χ1v) is 9.07. The standard InChI is InChI=1S/C20H23NO10.ClH/c1-21(2,3-5-30-19(28)11-7-13(22)17(26)14(23)8-11)4-6-31-20(29)12-9-15(24)18(27)16(25)10-12;/h7-10H,3-6H2,1-2H3,(H5-,22,23,24,25,26,27,28,29);1H. The summed E-state index contributed by atoms with van der Waals surface area (Å²) < 4.78 is 10.5. The Morgan fingerprint density at radius 2 is 0.969 bits per heavy atom. The number of quaternary nitrogens is 1. The van der Waals surface area contributed by atoms with Gasteiger partial charge in [0.1, 0.15) is 26.3 Å². The van der Waals surface area contributed by atoms with Crippen LogP contribution >= 0.6 is 0 Å². The summed E-state index contributed by atoms with van der Waals surface area (Å²) in [5, 5.41) is 56.4. The van der Waals surface area contributed by atoms with E-state index in [1.165, 1.54) is 0 Å². The van der Waals surface area contributed by atoms with Gasteiger partial charge in [0.2, 0.25) is 0 Å². The molecule has 11 nitrogen and oxygen atoms in total. The van der Waals surface area contributed by atoms with Crippen molar-refractivity contribution in [3.05, 3.63) is 35.4 Å². The number of benzene rings is 2. The first-order chi connectivity index (χ1) is 14.4. The Labute approximate surface area is 189 Å². The van der Waals surface area contributed by atoms with E-state index in [9.17, 15) is 40.2 Å². The van der Waals surface area contributed by atoms with Crippen molar-refractivity contribution in [2.45, 2.75) is 0 Å². The highest BCUT2D eigenvalue weighted by Gasteiger charge is 2.20. The maximum atomic E-state index is 12.0. The number of phenols is 6. The molecule has 176 valence electrons. The van der Waals surface area contributed by atoms with Crippen LogP contribution in [-0.2, 0) is 9.47 Å². The van der Waals surface area contributed by atoms with Gasteiger partial charge in [0, 0.05) is 0 Å². The molecular formula is C20H24ClNO10. The van der Waals surface area contributed by atoms with Crippen molar-refractivity contribution in [1.29, 1.82) is 0 Å². The van der Waals surface area contributed by atoms with Gasteiger partial charge in [-0.3, -0.25) is 0 Å². The van der Waals surface area contributed by atoms with E-state index in [0.717, 1.165) is 24.3 Å². The third kappa shape index (κ3) is 6.72. The van der Waals surface area contributed by atoms with Crippen LogP contribution in [0.1, 0.15) is 20.7 Å². The number of hydrogen-bond donors (Lipinski definition) is 6. The second-order valence-electron chi connectivity index (χ2n) is 7.38. The number of carbonyl (C=O) groups excluding carboxylic acids is 2. The van der Waals surface area contributed by atoms with Crippen molar-refractivity contribution in [2.24, 2.45) is 0 Å². The van der Waals surface area contributed by atoms with Crippen molar-refractivity contribution >= 4 is 11.9 Å². The summed E-state index contributed by atoms with van der Waals surface area (Å²) in [6, 6.07) is 3.87. The second-order valence-corrected chi connectivity index (χ2v) is 7.38. The normalized spacial score (nSPS) is 10.8. The van der Waals surface area contributed by atoms with Gasteiger partial charge >= 0.3 is 11.9 Å². The molecule has 0 amide bonds. The minimum atomic E-state index is -0.802. The van der Waals surface area contributed by atoms with Gasteiger partial charge in [0.15, 0.2) is 34.5 Å². The number of nitrogens with zero attached hydrogens (tertiary/aromatic N) is 1. The Bertz CT molecular complexity index is 869. The average Bonchev–Trinajstić information content (AvgIpc) is 2.68. The molecule has 6 N–H and O–H groups in total. The molecule has 12 heteroatoms. The van der Waals surface area contributed by atoms with Crippen LogP contribution in [0.4, 0.5) is 0 Å². The summed E-state index contributed by atoms with van der Waals surface area (Å²) >= 11 is 0. The molecule has 0 aliphatic rings. The molecule has 0 fully saturated rings. The van der Waals surface area contributed by atoms with E-state index in [2.05, 4.69) is 0 Å². The van der Waals surface area contributed by atoms with E-state index in [1.807, 2.05) is 0 Å². The predicted octanol–water partition coefficient (Wildman–Crippen LogP) is -1.99. The first kappa shape index (κ1) is 26.5. The molecule has 0 aliphatic carbocycles. The van der Waals surface area contributed by atoms with E-state index < -0.39 is 46.4 Å². The molecule has 0 heterocycles. The number of phenolic OH excluding ortho intramolecular Hbond substituents is 6. The van der Waals surface area contributed by atoms with E-state index in [4.69, 9.17) is 9.47 Å². The Morgan fingerprint density at radius 1 is 0.688 bits per heavy atom. The van der Waals surface area contributed by atoms with Gasteiger partial charge < -0.3 is 57.0 Å². The summed E-state index contributed by atoms with van der Waals surface area (Å²) in [4.78, 5) is 24.0. The maximum Gasteiger partial charge on any atom is 0.338 e. The fourth-order valence-electron chi connectivity index (χ4n) is 2.49. The summed E-state index contributed by atoms with van der Waals surface area (Å²) in [7, 11) is 3.61. The Hall–Kier alpha value is -3.57. The number of hydrogen-bond acceptors (Lipinski definition) is 10. The van der Waals surface area contributed by atoms with Crippen molar-refractivity contribution < 1.29 is 66.6 Å². The molecule has 0 radical (unpaired) electrons. The summed E-state index contributed by atoms with van der Waals surface area (Å²) in [5.74, 6) is -5.68. The van der Waals surface area contributed by atoms with Crippen LogP contribution in [0.25, 0.3) is 0 Å². The molecule has 0 aromatic heterocycles. The van der Waals surface area contributed by atoms with Crippen LogP contribution in [0.2, 0.25) is 0 Å². The number of carbonyl (C=O) groups is 2. The zero-order valence-corrected chi connectivity index (χ0v) is 18.0. The molecule has 32 heavy (non-hydrogen) atoms. The highest BCUT2D eigenvalue weighted by atomic mass is 35.5. The number of aromatic hydroxyl groups is 6. The first-order valence-electron chi connectivity index (χ1n) is 9.07. The number of halogens is 1. The van der Waals surface area contributed by atoms with Crippen molar-refractivity contribution in [3.63, 3.8) is 0 Å². The second kappa shape index (κ2) is 10.6. The number of likely N-dealkylation sites (N-methyl/N-ethyl adjacent to an activating group) is 1. The number of rotatable bonds is 8. The molecule has 0 saturated heterocycles.